The van der Waals surface area contributed by atoms with Crippen LogP contribution in [0.15, 0.2) is 0 Å². The highest BCUT2D eigenvalue weighted by molar-refractivity contribution is 7.47. The Morgan fingerprint density at radius 3 is 0.701 bits per heavy atom. The SMILES string of the molecule is CCCCCCCCCCCCCCCCC(=O)OC[C@H](COP(=O)(O)OC[C@@H](O)COP(=O)(O)OC[C@@H](COC(=O)CCCCCCCCC(C)C)OC(=O)CCCCCCCCCCCCC(C)C)OC(=O)CCCCCCCCCCCCCCCCCCCCC(C)C. The summed E-state index contributed by atoms with van der Waals surface area (Å²) in [4.78, 5) is 72.8. The van der Waals surface area contributed by atoms with Gasteiger partial charge in [0.2, 0.25) is 0 Å². The molecule has 0 saturated carbocycles. The summed E-state index contributed by atoms with van der Waals surface area (Å²) in [6.45, 7) is 11.9. The maximum absolute atomic E-state index is 13.1. The minimum atomic E-state index is -4.96. The second kappa shape index (κ2) is 68.5. The van der Waals surface area contributed by atoms with Gasteiger partial charge in [-0.1, -0.05) is 350 Å². The number of phosphoric ester groups is 2. The third kappa shape index (κ3) is 72.2. The summed E-state index contributed by atoms with van der Waals surface area (Å²) in [5.74, 6) is 0.135. The van der Waals surface area contributed by atoms with Crippen LogP contribution in [0.1, 0.15) is 402 Å². The molecule has 0 amide bonds. The van der Waals surface area contributed by atoms with E-state index in [1.165, 1.54) is 205 Å². The molecule has 0 aromatic rings. The second-order valence-electron chi connectivity index (χ2n) is 29.5. The summed E-state index contributed by atoms with van der Waals surface area (Å²) >= 11 is 0. The molecule has 3 N–H and O–H groups in total. The van der Waals surface area contributed by atoms with Gasteiger partial charge in [0.15, 0.2) is 12.2 Å². The molecule has 0 heterocycles. The summed E-state index contributed by atoms with van der Waals surface area (Å²) < 4.78 is 68.5. The van der Waals surface area contributed by atoms with Crippen molar-refractivity contribution in [2.45, 2.75) is 420 Å². The first-order chi connectivity index (χ1) is 46.7. The maximum Gasteiger partial charge on any atom is 0.472 e. The van der Waals surface area contributed by atoms with Crippen molar-refractivity contribution >= 4 is 39.5 Å². The molecule has 5 atom stereocenters. The third-order valence-corrected chi connectivity index (χ3v) is 20.0. The molecule has 576 valence electrons. The number of ether oxygens (including phenoxy) is 4. The van der Waals surface area contributed by atoms with Crippen LogP contribution in [0.2, 0.25) is 0 Å². The Labute approximate surface area is 594 Å². The zero-order chi connectivity index (χ0) is 71.6. The van der Waals surface area contributed by atoms with E-state index in [0.717, 1.165) is 108 Å². The lowest BCUT2D eigenvalue weighted by Crippen LogP contribution is -2.30. The van der Waals surface area contributed by atoms with Crippen molar-refractivity contribution in [2.24, 2.45) is 17.8 Å². The number of unbranched alkanes of at least 4 members (excludes halogenated alkanes) is 44. The fourth-order valence-electron chi connectivity index (χ4n) is 12.0. The highest BCUT2D eigenvalue weighted by Gasteiger charge is 2.30. The summed E-state index contributed by atoms with van der Waals surface area (Å²) in [7, 11) is -9.91. The van der Waals surface area contributed by atoms with Gasteiger partial charge in [-0.05, 0) is 43.4 Å². The highest BCUT2D eigenvalue weighted by Crippen LogP contribution is 2.45. The molecule has 0 aliphatic carbocycles. The van der Waals surface area contributed by atoms with Gasteiger partial charge in [0.05, 0.1) is 26.4 Å². The normalized spacial score (nSPS) is 14.0. The molecule has 0 aliphatic rings. The number of carbonyl (C=O) groups excluding carboxylic acids is 4. The standard InChI is InChI=1S/C78H152O17P2/c1-8-9-10-11-12-13-14-15-23-26-32-37-45-52-59-75(80)88-65-73(94-77(82)61-54-47-38-33-27-24-21-19-17-16-18-20-22-25-30-35-42-49-56-69(2)3)67-92-96(84,85)90-63-72(79)64-91-97(86,87)93-68-74(66-89-76(81)60-53-46-41-40-44-51-58-71(6)7)95-78(83)62-55-48-39-34-29-28-31-36-43-50-57-70(4)5/h69-74,79H,8-68H2,1-7H3,(H,84,85)(H,86,87)/t72-,73-,74-/m1/s1. The van der Waals surface area contributed by atoms with Crippen molar-refractivity contribution < 1.29 is 80.2 Å². The van der Waals surface area contributed by atoms with E-state index in [-0.39, 0.29) is 25.7 Å². The van der Waals surface area contributed by atoms with Gasteiger partial charge in [-0.25, -0.2) is 9.13 Å². The zero-order valence-electron chi connectivity index (χ0n) is 63.5. The van der Waals surface area contributed by atoms with Crippen molar-refractivity contribution in [3.05, 3.63) is 0 Å². The molecule has 0 aromatic heterocycles. The van der Waals surface area contributed by atoms with Gasteiger partial charge in [0.1, 0.15) is 19.3 Å². The third-order valence-electron chi connectivity index (χ3n) is 18.1. The van der Waals surface area contributed by atoms with Crippen molar-refractivity contribution in [3.8, 4) is 0 Å². The van der Waals surface area contributed by atoms with Crippen molar-refractivity contribution in [2.75, 3.05) is 39.6 Å². The molecule has 2 unspecified atom stereocenters. The molecular weight excluding hydrogens is 1270 g/mol. The first kappa shape index (κ1) is 95.1. The fraction of sp³-hybridized carbons (Fsp3) is 0.949. The molecule has 0 spiro atoms. The molecule has 19 heteroatoms. The van der Waals surface area contributed by atoms with Crippen LogP contribution in [0.4, 0.5) is 0 Å². The van der Waals surface area contributed by atoms with Gasteiger partial charge in [-0.3, -0.25) is 37.3 Å². The average molecular weight is 1420 g/mol. The van der Waals surface area contributed by atoms with Crippen molar-refractivity contribution in [1.29, 1.82) is 0 Å². The van der Waals surface area contributed by atoms with Gasteiger partial charge >= 0.3 is 39.5 Å². The monoisotopic (exact) mass is 1420 g/mol. The molecule has 0 saturated heterocycles. The van der Waals surface area contributed by atoms with E-state index in [4.69, 9.17) is 37.0 Å². The molecule has 0 radical (unpaired) electrons. The van der Waals surface area contributed by atoms with Gasteiger partial charge in [0.25, 0.3) is 0 Å². The average Bonchev–Trinajstić information content (AvgIpc) is 2.91. The Hall–Kier alpha value is -1.94. The van der Waals surface area contributed by atoms with Crippen molar-refractivity contribution in [1.82, 2.24) is 0 Å². The lowest BCUT2D eigenvalue weighted by molar-refractivity contribution is -0.161. The van der Waals surface area contributed by atoms with Crippen LogP contribution in [-0.4, -0.2) is 96.7 Å². The van der Waals surface area contributed by atoms with E-state index in [2.05, 4.69) is 48.5 Å². The van der Waals surface area contributed by atoms with E-state index in [1.54, 1.807) is 0 Å². The minimum absolute atomic E-state index is 0.105. The number of aliphatic hydroxyl groups excluding tert-OH is 1. The number of hydrogen-bond acceptors (Lipinski definition) is 15. The summed E-state index contributed by atoms with van der Waals surface area (Å²) in [6.07, 6.45) is 55.7. The fourth-order valence-corrected chi connectivity index (χ4v) is 13.5. The summed E-state index contributed by atoms with van der Waals surface area (Å²) in [5.41, 5.74) is 0. The van der Waals surface area contributed by atoms with Gasteiger partial charge in [-0.15, -0.1) is 0 Å². The number of rotatable bonds is 76. The number of esters is 4. The first-order valence-electron chi connectivity index (χ1n) is 40.3. The Morgan fingerprint density at radius 1 is 0.278 bits per heavy atom. The summed E-state index contributed by atoms with van der Waals surface area (Å²) in [5, 5.41) is 10.6. The molecule has 0 bridgehead atoms. The molecule has 97 heavy (non-hydrogen) atoms. The smallest absolute Gasteiger partial charge is 0.462 e. The molecule has 0 aromatic carbocycles. The predicted molar refractivity (Wildman–Crippen MR) is 395 cm³/mol. The number of carbonyl (C=O) groups is 4. The van der Waals surface area contributed by atoms with Crippen LogP contribution in [0.25, 0.3) is 0 Å². The maximum atomic E-state index is 13.1. The Kier molecular flexibility index (Phi) is 67.1. The molecule has 0 rings (SSSR count). The zero-order valence-corrected chi connectivity index (χ0v) is 65.3. The number of phosphoric acid groups is 2. The van der Waals surface area contributed by atoms with Crippen LogP contribution >= 0.6 is 15.6 Å². The van der Waals surface area contributed by atoms with Gasteiger partial charge < -0.3 is 33.8 Å². The Morgan fingerprint density at radius 2 is 0.474 bits per heavy atom. The highest BCUT2D eigenvalue weighted by atomic mass is 31.2. The van der Waals surface area contributed by atoms with Crippen LogP contribution < -0.4 is 0 Å². The Balaban J connectivity index is 5.20. The predicted octanol–water partition coefficient (Wildman–Crippen LogP) is 23.0. The van der Waals surface area contributed by atoms with Crippen LogP contribution in [0.5, 0.6) is 0 Å². The van der Waals surface area contributed by atoms with E-state index in [9.17, 15) is 43.2 Å². The van der Waals surface area contributed by atoms with Crippen LogP contribution in [0.3, 0.4) is 0 Å². The van der Waals surface area contributed by atoms with Gasteiger partial charge in [0, 0.05) is 25.7 Å². The van der Waals surface area contributed by atoms with E-state index in [0.29, 0.717) is 31.6 Å². The molecular formula is C78H152O17P2. The van der Waals surface area contributed by atoms with Crippen LogP contribution in [0, 0.1) is 17.8 Å². The topological polar surface area (TPSA) is 237 Å². The van der Waals surface area contributed by atoms with E-state index >= 15 is 0 Å². The summed E-state index contributed by atoms with van der Waals surface area (Å²) in [6, 6.07) is 0. The van der Waals surface area contributed by atoms with Gasteiger partial charge in [-0.2, -0.15) is 0 Å². The molecule has 17 nitrogen and oxygen atoms in total. The van der Waals surface area contributed by atoms with Crippen molar-refractivity contribution in [3.63, 3.8) is 0 Å². The number of hydrogen-bond donors (Lipinski definition) is 3. The van der Waals surface area contributed by atoms with Crippen LogP contribution in [-0.2, 0) is 65.4 Å². The lowest BCUT2D eigenvalue weighted by atomic mass is 10.0. The first-order valence-corrected chi connectivity index (χ1v) is 43.3. The largest absolute Gasteiger partial charge is 0.472 e. The van der Waals surface area contributed by atoms with E-state index < -0.39 is 97.5 Å². The second-order valence-corrected chi connectivity index (χ2v) is 32.4. The van der Waals surface area contributed by atoms with E-state index in [1.807, 2.05) is 0 Å². The lowest BCUT2D eigenvalue weighted by Gasteiger charge is -2.21. The molecule has 0 fully saturated rings. The molecule has 0 aliphatic heterocycles. The number of aliphatic hydroxyl groups is 1. The minimum Gasteiger partial charge on any atom is -0.462 e. The quantitative estimate of drug-likeness (QED) is 0.0222. The Bertz CT molecular complexity index is 1890.